The van der Waals surface area contributed by atoms with E-state index in [0.717, 1.165) is 19.3 Å². The zero-order chi connectivity index (χ0) is 30.2. The molecule has 2 aliphatic carbocycles. The highest BCUT2D eigenvalue weighted by molar-refractivity contribution is 6.35. The minimum Gasteiger partial charge on any atom is -0.475 e. The summed E-state index contributed by atoms with van der Waals surface area (Å²) in [5, 5.41) is 14.2. The van der Waals surface area contributed by atoms with Crippen molar-refractivity contribution in [1.82, 2.24) is 15.5 Å². The van der Waals surface area contributed by atoms with E-state index >= 15 is 0 Å². The number of Topliss-reactive ketones (excluding diaryl/α,β-unsaturated/α-hetero) is 1. The molecular formula is C28H43F2N3O7. The largest absolute Gasteiger partial charge is 0.475 e. The molecule has 10 nitrogen and oxygen atoms in total. The van der Waals surface area contributed by atoms with E-state index in [1.165, 1.54) is 11.8 Å². The molecule has 12 heteroatoms. The van der Waals surface area contributed by atoms with Gasteiger partial charge in [0.05, 0.1) is 0 Å². The van der Waals surface area contributed by atoms with Crippen LogP contribution in [-0.2, 0) is 23.9 Å². The number of hydrogen-bond acceptors (Lipinski definition) is 6. The molecule has 3 aliphatic rings. The number of carboxylic acids is 1. The molecule has 40 heavy (non-hydrogen) atoms. The van der Waals surface area contributed by atoms with Gasteiger partial charge >= 0.3 is 12.1 Å². The number of fused-ring (bicyclic) bond motifs is 1. The van der Waals surface area contributed by atoms with Gasteiger partial charge in [0.2, 0.25) is 17.7 Å². The second kappa shape index (κ2) is 11.6. The lowest BCUT2D eigenvalue weighted by molar-refractivity contribution is -0.152. The molecule has 0 aromatic rings. The number of carbonyl (C=O) groups is 5. The van der Waals surface area contributed by atoms with Crippen LogP contribution < -0.4 is 10.6 Å². The number of rotatable bonds is 10. The summed E-state index contributed by atoms with van der Waals surface area (Å²) in [5.74, 6) is -8.70. The van der Waals surface area contributed by atoms with Crippen LogP contribution in [0.3, 0.4) is 0 Å². The van der Waals surface area contributed by atoms with Crippen molar-refractivity contribution in [2.45, 2.75) is 116 Å². The maximum absolute atomic E-state index is 14.2. The topological polar surface area (TPSA) is 142 Å². The van der Waals surface area contributed by atoms with Gasteiger partial charge in [-0.05, 0) is 56.8 Å². The van der Waals surface area contributed by atoms with Gasteiger partial charge in [-0.15, -0.1) is 0 Å². The molecule has 1 aliphatic heterocycles. The molecule has 5 atom stereocenters. The molecule has 3 N–H and O–H groups in total. The van der Waals surface area contributed by atoms with Crippen molar-refractivity contribution >= 4 is 29.7 Å². The smallest absolute Gasteiger partial charge is 0.408 e. The van der Waals surface area contributed by atoms with Crippen LogP contribution in [0.15, 0.2) is 0 Å². The molecule has 0 bridgehead atoms. The molecule has 2 saturated carbocycles. The number of alkyl carbamates (subject to hydrolysis) is 1. The quantitative estimate of drug-likeness (QED) is 0.341. The Morgan fingerprint density at radius 2 is 1.65 bits per heavy atom. The number of halogens is 2. The lowest BCUT2D eigenvalue weighted by Crippen LogP contribution is -2.60. The minimum atomic E-state index is -3.38. The minimum absolute atomic E-state index is 0.0496. The van der Waals surface area contributed by atoms with Crippen molar-refractivity contribution in [1.29, 1.82) is 0 Å². The molecule has 0 aromatic carbocycles. The Bertz CT molecular complexity index is 1020. The van der Waals surface area contributed by atoms with Crippen molar-refractivity contribution in [2.75, 3.05) is 6.54 Å². The average molecular weight is 572 g/mol. The number of amides is 3. The van der Waals surface area contributed by atoms with E-state index in [4.69, 9.17) is 4.74 Å². The number of likely N-dealkylation sites (tertiary alicyclic amines) is 1. The predicted octanol–water partition coefficient (Wildman–Crippen LogP) is 3.52. The van der Waals surface area contributed by atoms with Gasteiger partial charge in [-0.25, -0.2) is 18.4 Å². The number of alkyl halides is 2. The van der Waals surface area contributed by atoms with E-state index < -0.39 is 72.2 Å². The number of ether oxygens (including phenoxy) is 1. The summed E-state index contributed by atoms with van der Waals surface area (Å²) in [6, 6.07) is -4.00. The van der Waals surface area contributed by atoms with Crippen molar-refractivity contribution in [3.8, 4) is 0 Å². The first-order chi connectivity index (χ1) is 18.4. The summed E-state index contributed by atoms with van der Waals surface area (Å²) in [5.41, 5.74) is -1.12. The molecule has 3 fully saturated rings. The monoisotopic (exact) mass is 571 g/mol. The average Bonchev–Trinajstić information content (AvgIpc) is 3.17. The molecule has 0 radical (unpaired) electrons. The summed E-state index contributed by atoms with van der Waals surface area (Å²) < 4.78 is 33.8. The van der Waals surface area contributed by atoms with Crippen LogP contribution in [0.4, 0.5) is 13.6 Å². The molecule has 0 aromatic heterocycles. The van der Waals surface area contributed by atoms with Gasteiger partial charge in [0, 0.05) is 19.4 Å². The number of carbonyl (C=O) groups excluding carboxylic acids is 4. The van der Waals surface area contributed by atoms with Gasteiger partial charge in [0.1, 0.15) is 23.7 Å². The zero-order valence-electron chi connectivity index (χ0n) is 24.2. The molecule has 1 unspecified atom stereocenters. The van der Waals surface area contributed by atoms with Crippen molar-refractivity contribution in [3.63, 3.8) is 0 Å². The van der Waals surface area contributed by atoms with Crippen molar-refractivity contribution in [3.05, 3.63) is 0 Å². The predicted molar refractivity (Wildman–Crippen MR) is 140 cm³/mol. The second-order valence-corrected chi connectivity index (χ2v) is 13.1. The van der Waals surface area contributed by atoms with Gasteiger partial charge in [-0.1, -0.05) is 40.0 Å². The zero-order valence-corrected chi connectivity index (χ0v) is 24.2. The van der Waals surface area contributed by atoms with E-state index in [1.54, 1.807) is 20.8 Å². The van der Waals surface area contributed by atoms with Gasteiger partial charge in [0.15, 0.2) is 0 Å². The maximum Gasteiger partial charge on any atom is 0.408 e. The van der Waals surface area contributed by atoms with Crippen LogP contribution in [0.2, 0.25) is 0 Å². The van der Waals surface area contributed by atoms with E-state index in [0.29, 0.717) is 12.8 Å². The van der Waals surface area contributed by atoms with Gasteiger partial charge in [-0.2, -0.15) is 0 Å². The number of nitrogens with zero attached hydrogens (tertiary/aromatic N) is 1. The third kappa shape index (κ3) is 7.09. The number of nitrogens with one attached hydrogen (secondary N) is 2. The van der Waals surface area contributed by atoms with Crippen LogP contribution in [-0.4, -0.2) is 75.9 Å². The van der Waals surface area contributed by atoms with Crippen LogP contribution >= 0.6 is 0 Å². The van der Waals surface area contributed by atoms with Crippen molar-refractivity contribution < 1.29 is 42.6 Å². The Kier molecular flexibility index (Phi) is 9.20. The van der Waals surface area contributed by atoms with E-state index in [2.05, 4.69) is 10.6 Å². The Hall–Kier alpha value is -2.79. The molecule has 3 rings (SSSR count). The molecule has 1 saturated heterocycles. The van der Waals surface area contributed by atoms with Crippen LogP contribution in [0, 0.1) is 23.2 Å². The highest BCUT2D eigenvalue weighted by Gasteiger charge is 2.70. The van der Waals surface area contributed by atoms with E-state index in [9.17, 15) is 37.9 Å². The highest BCUT2D eigenvalue weighted by atomic mass is 19.3. The molecule has 1 heterocycles. The number of hydrogen-bond donors (Lipinski definition) is 3. The summed E-state index contributed by atoms with van der Waals surface area (Å²) >= 11 is 0. The Morgan fingerprint density at radius 1 is 1.05 bits per heavy atom. The van der Waals surface area contributed by atoms with Gasteiger partial charge < -0.3 is 25.4 Å². The fourth-order valence-electron chi connectivity index (χ4n) is 6.33. The summed E-state index contributed by atoms with van der Waals surface area (Å²) in [6.07, 6.45) is 1.64. The first-order valence-electron chi connectivity index (χ1n) is 14.1. The highest BCUT2D eigenvalue weighted by Crippen LogP contribution is 2.65. The molecule has 0 spiro atoms. The number of carboxylic acid groups (broad SMARTS) is 1. The standard InChI is InChI=1S/C28H43F2N3O7/c1-7-28(29,30)13-17(21(34)24(37)38)31-22(35)20-18-16(27(18,5)6)14-33(20)23(36)19(15-11-9-8-10-12-15)32-25(39)40-26(2,3)4/h15-20H,7-14H2,1-6H3,(H,31,35)(H,32,39)(H,37,38)/t16-,17?,18-,19-,20-/m0/s1. The number of aliphatic carboxylic acids is 1. The SMILES string of the molecule is CCC(F)(F)CC(NC(=O)[C@@H]1[C@@H]2[C@H](CN1C(=O)[C@@H](NC(=O)OC(C)(C)C)C1CCCCC1)C2(C)C)C(=O)C(=O)O. The van der Waals surface area contributed by atoms with Crippen molar-refractivity contribution in [2.24, 2.45) is 23.2 Å². The Morgan fingerprint density at radius 3 is 2.17 bits per heavy atom. The van der Waals surface area contributed by atoms with Crippen LogP contribution in [0.1, 0.15) is 86.5 Å². The fourth-order valence-corrected chi connectivity index (χ4v) is 6.33. The molecule has 226 valence electrons. The number of ketones is 1. The first-order valence-corrected chi connectivity index (χ1v) is 14.1. The Labute approximate surface area is 233 Å². The first kappa shape index (κ1) is 31.7. The van der Waals surface area contributed by atoms with E-state index in [1.807, 2.05) is 13.8 Å². The molecule has 3 amide bonds. The third-order valence-corrected chi connectivity index (χ3v) is 8.68. The summed E-state index contributed by atoms with van der Waals surface area (Å²) in [6.45, 7) is 10.4. The van der Waals surface area contributed by atoms with Crippen LogP contribution in [0.25, 0.3) is 0 Å². The second-order valence-electron chi connectivity index (χ2n) is 13.1. The van der Waals surface area contributed by atoms with E-state index in [-0.39, 0.29) is 29.7 Å². The lowest BCUT2D eigenvalue weighted by Gasteiger charge is -2.37. The normalized spacial score (nSPS) is 25.8. The fraction of sp³-hybridized carbons (Fsp3) is 0.821. The Balaban J connectivity index is 1.88. The van der Waals surface area contributed by atoms with Gasteiger partial charge in [-0.3, -0.25) is 14.4 Å². The summed E-state index contributed by atoms with van der Waals surface area (Å²) in [7, 11) is 0. The summed E-state index contributed by atoms with van der Waals surface area (Å²) in [4.78, 5) is 65.4. The van der Waals surface area contributed by atoms with Gasteiger partial charge in [0.25, 0.3) is 5.78 Å². The lowest BCUT2D eigenvalue weighted by atomic mass is 9.83. The maximum atomic E-state index is 14.2. The van der Waals surface area contributed by atoms with Crippen LogP contribution in [0.5, 0.6) is 0 Å². The number of piperidine rings is 1. The molecular weight excluding hydrogens is 528 g/mol. The third-order valence-electron chi connectivity index (χ3n) is 8.68.